The molecule has 8 heteroatoms. The Kier molecular flexibility index (Phi) is 6.55. The first-order chi connectivity index (χ1) is 9.01. The summed E-state index contributed by atoms with van der Waals surface area (Å²) in [6.07, 6.45) is 0. The molecule has 0 unspecified atom stereocenters. The summed E-state index contributed by atoms with van der Waals surface area (Å²) in [6.45, 7) is -0.124. The smallest absolute Gasteiger partial charge is 0.320 e. The summed E-state index contributed by atoms with van der Waals surface area (Å²) in [5.74, 6) is -0.964. The van der Waals surface area contributed by atoms with Crippen LogP contribution in [-0.4, -0.2) is 37.1 Å². The van der Waals surface area contributed by atoms with E-state index in [0.717, 1.165) is 0 Å². The standard InChI is InChI=1S/C11H12Cl2N2O4/c1-18-10(16)4-14-5-11(17)19-6-7-2-8(12)15-9(13)3-7/h2-3,14H,4-6H2,1H3. The molecule has 6 nitrogen and oxygen atoms in total. The highest BCUT2D eigenvalue weighted by molar-refractivity contribution is 6.32. The zero-order valence-corrected chi connectivity index (χ0v) is 11.6. The first kappa shape index (κ1) is 15.7. The lowest BCUT2D eigenvalue weighted by Crippen LogP contribution is -2.30. The number of pyridine rings is 1. The number of hydrogen-bond acceptors (Lipinski definition) is 6. The van der Waals surface area contributed by atoms with E-state index in [2.05, 4.69) is 15.0 Å². The number of nitrogens with one attached hydrogen (secondary N) is 1. The molecule has 1 rings (SSSR count). The normalized spacial score (nSPS) is 10.1. The summed E-state index contributed by atoms with van der Waals surface area (Å²) in [5.41, 5.74) is 0.631. The second-order valence-corrected chi connectivity index (χ2v) is 4.24. The van der Waals surface area contributed by atoms with Crippen molar-refractivity contribution in [3.63, 3.8) is 0 Å². The first-order valence-corrected chi connectivity index (χ1v) is 6.02. The molecule has 1 heterocycles. The lowest BCUT2D eigenvalue weighted by molar-refractivity contribution is -0.144. The predicted octanol–water partition coefficient (Wildman–Crippen LogP) is 1.19. The number of aromatic nitrogens is 1. The molecule has 0 fully saturated rings. The number of methoxy groups -OCH3 is 1. The van der Waals surface area contributed by atoms with Crippen LogP contribution >= 0.6 is 23.2 Å². The summed E-state index contributed by atoms with van der Waals surface area (Å²) in [4.78, 5) is 25.9. The minimum absolute atomic E-state index is 0.0285. The number of rotatable bonds is 6. The summed E-state index contributed by atoms with van der Waals surface area (Å²) in [5, 5.41) is 3.03. The zero-order chi connectivity index (χ0) is 14.3. The van der Waals surface area contributed by atoms with Crippen molar-refractivity contribution in [1.29, 1.82) is 0 Å². The van der Waals surface area contributed by atoms with E-state index in [1.54, 1.807) is 12.1 Å². The van der Waals surface area contributed by atoms with Crippen LogP contribution in [0.1, 0.15) is 5.56 Å². The Bertz CT molecular complexity index is 448. The van der Waals surface area contributed by atoms with Crippen LogP contribution in [0, 0.1) is 0 Å². The second-order valence-electron chi connectivity index (χ2n) is 3.46. The molecular formula is C11H12Cl2N2O4. The average Bonchev–Trinajstić information content (AvgIpc) is 2.35. The molecule has 1 aromatic heterocycles. The van der Waals surface area contributed by atoms with Gasteiger partial charge in [0.2, 0.25) is 0 Å². The minimum Gasteiger partial charge on any atom is -0.468 e. The van der Waals surface area contributed by atoms with E-state index in [4.69, 9.17) is 27.9 Å². The van der Waals surface area contributed by atoms with Crippen LogP contribution in [0.15, 0.2) is 12.1 Å². The van der Waals surface area contributed by atoms with Crippen molar-refractivity contribution in [1.82, 2.24) is 10.3 Å². The van der Waals surface area contributed by atoms with E-state index < -0.39 is 11.9 Å². The molecule has 104 valence electrons. The molecule has 0 atom stereocenters. The molecule has 0 bridgehead atoms. The molecule has 0 aliphatic carbocycles. The fraction of sp³-hybridized carbons (Fsp3) is 0.364. The lowest BCUT2D eigenvalue weighted by atomic mass is 10.3. The largest absolute Gasteiger partial charge is 0.468 e. The molecule has 0 spiro atoms. The number of esters is 2. The van der Waals surface area contributed by atoms with Crippen LogP contribution in [0.4, 0.5) is 0 Å². The van der Waals surface area contributed by atoms with E-state index in [1.165, 1.54) is 7.11 Å². The molecule has 1 N–H and O–H groups in total. The molecule has 0 aromatic carbocycles. The third-order valence-corrected chi connectivity index (χ3v) is 2.38. The maximum absolute atomic E-state index is 11.3. The molecule has 0 radical (unpaired) electrons. The number of ether oxygens (including phenoxy) is 2. The molecule has 0 aliphatic rings. The number of carbonyl (C=O) groups is 2. The Labute approximate surface area is 120 Å². The van der Waals surface area contributed by atoms with E-state index in [0.29, 0.717) is 5.56 Å². The van der Waals surface area contributed by atoms with Crippen molar-refractivity contribution in [2.24, 2.45) is 0 Å². The Balaban J connectivity index is 2.31. The summed E-state index contributed by atoms with van der Waals surface area (Å²) in [6, 6.07) is 3.09. The van der Waals surface area contributed by atoms with Gasteiger partial charge in [-0.3, -0.25) is 14.9 Å². The Morgan fingerprint density at radius 2 is 1.79 bits per heavy atom. The fourth-order valence-corrected chi connectivity index (χ4v) is 1.66. The molecular weight excluding hydrogens is 295 g/mol. The van der Waals surface area contributed by atoms with Gasteiger partial charge in [-0.1, -0.05) is 23.2 Å². The zero-order valence-electron chi connectivity index (χ0n) is 10.1. The molecule has 0 saturated carbocycles. The van der Waals surface area contributed by atoms with Gasteiger partial charge < -0.3 is 9.47 Å². The van der Waals surface area contributed by atoms with Crippen molar-refractivity contribution >= 4 is 35.1 Å². The van der Waals surface area contributed by atoms with Crippen LogP contribution in [-0.2, 0) is 25.7 Å². The lowest BCUT2D eigenvalue weighted by Gasteiger charge is -2.06. The van der Waals surface area contributed by atoms with Gasteiger partial charge in [0, 0.05) is 0 Å². The van der Waals surface area contributed by atoms with Crippen LogP contribution in [0.3, 0.4) is 0 Å². The quantitative estimate of drug-likeness (QED) is 0.628. The topological polar surface area (TPSA) is 77.5 Å². The van der Waals surface area contributed by atoms with Crippen LogP contribution in [0.5, 0.6) is 0 Å². The van der Waals surface area contributed by atoms with Crippen molar-refractivity contribution in [3.8, 4) is 0 Å². The summed E-state index contributed by atoms with van der Waals surface area (Å²) >= 11 is 11.4. The first-order valence-electron chi connectivity index (χ1n) is 5.26. The van der Waals surface area contributed by atoms with Crippen molar-refractivity contribution < 1.29 is 19.1 Å². The molecule has 1 aromatic rings. The fourth-order valence-electron chi connectivity index (χ4n) is 1.15. The van der Waals surface area contributed by atoms with Gasteiger partial charge in [-0.25, -0.2) is 4.98 Å². The average molecular weight is 307 g/mol. The molecule has 0 aliphatic heterocycles. The third kappa shape index (κ3) is 6.37. The van der Waals surface area contributed by atoms with Gasteiger partial charge >= 0.3 is 11.9 Å². The monoisotopic (exact) mass is 306 g/mol. The van der Waals surface area contributed by atoms with Gasteiger partial charge in [-0.15, -0.1) is 0 Å². The Morgan fingerprint density at radius 1 is 1.21 bits per heavy atom. The second kappa shape index (κ2) is 7.93. The summed E-state index contributed by atoms with van der Waals surface area (Å²) < 4.78 is 9.35. The van der Waals surface area contributed by atoms with E-state index in [-0.39, 0.29) is 30.0 Å². The maximum atomic E-state index is 11.3. The minimum atomic E-state index is -0.507. The third-order valence-electron chi connectivity index (χ3n) is 1.99. The van der Waals surface area contributed by atoms with E-state index >= 15 is 0 Å². The summed E-state index contributed by atoms with van der Waals surface area (Å²) in [7, 11) is 1.26. The van der Waals surface area contributed by atoms with Crippen LogP contribution < -0.4 is 5.32 Å². The molecule has 0 amide bonds. The number of hydrogen-bond donors (Lipinski definition) is 1. The van der Waals surface area contributed by atoms with Gasteiger partial charge in [0.05, 0.1) is 20.2 Å². The predicted molar refractivity (Wildman–Crippen MR) is 68.9 cm³/mol. The van der Waals surface area contributed by atoms with Gasteiger partial charge in [0.15, 0.2) is 0 Å². The van der Waals surface area contributed by atoms with Crippen molar-refractivity contribution in [2.45, 2.75) is 6.61 Å². The highest BCUT2D eigenvalue weighted by Crippen LogP contribution is 2.15. The van der Waals surface area contributed by atoms with E-state index in [1.807, 2.05) is 0 Å². The molecule has 0 saturated heterocycles. The van der Waals surface area contributed by atoms with E-state index in [9.17, 15) is 9.59 Å². The van der Waals surface area contributed by atoms with Crippen LogP contribution in [0.2, 0.25) is 10.3 Å². The van der Waals surface area contributed by atoms with Gasteiger partial charge in [0.25, 0.3) is 0 Å². The van der Waals surface area contributed by atoms with Crippen LogP contribution in [0.25, 0.3) is 0 Å². The Morgan fingerprint density at radius 3 is 2.37 bits per heavy atom. The number of nitrogens with zero attached hydrogens (tertiary/aromatic N) is 1. The highest BCUT2D eigenvalue weighted by atomic mass is 35.5. The van der Waals surface area contributed by atoms with Gasteiger partial charge in [-0.2, -0.15) is 0 Å². The van der Waals surface area contributed by atoms with Gasteiger partial charge in [-0.05, 0) is 17.7 Å². The van der Waals surface area contributed by atoms with Crippen molar-refractivity contribution in [3.05, 3.63) is 28.0 Å². The number of carbonyl (C=O) groups excluding carboxylic acids is 2. The maximum Gasteiger partial charge on any atom is 0.320 e. The highest BCUT2D eigenvalue weighted by Gasteiger charge is 2.06. The molecule has 19 heavy (non-hydrogen) atoms. The van der Waals surface area contributed by atoms with Gasteiger partial charge in [0.1, 0.15) is 16.9 Å². The van der Waals surface area contributed by atoms with Crippen molar-refractivity contribution in [2.75, 3.05) is 20.2 Å². The SMILES string of the molecule is COC(=O)CNCC(=O)OCc1cc(Cl)nc(Cl)c1. The Hall–Kier alpha value is -1.37. The number of halogens is 2.